The number of imidazole rings is 1. The molecular weight excluding hydrogens is 484 g/mol. The first-order valence-corrected chi connectivity index (χ1v) is 13.8. The zero-order valence-electron chi connectivity index (χ0n) is 23.3. The van der Waals surface area contributed by atoms with Crippen LogP contribution in [0, 0.1) is 6.92 Å². The smallest absolute Gasteiger partial charge is 0.255 e. The van der Waals surface area contributed by atoms with Crippen LogP contribution < -0.4 is 11.1 Å². The van der Waals surface area contributed by atoms with E-state index in [0.717, 1.165) is 59.7 Å². The van der Waals surface area contributed by atoms with Crippen LogP contribution in [0.4, 0.5) is 5.69 Å². The van der Waals surface area contributed by atoms with Gasteiger partial charge in [-0.1, -0.05) is 57.0 Å². The molecule has 0 unspecified atom stereocenters. The minimum atomic E-state index is -0.317. The maximum atomic E-state index is 13.0. The first-order chi connectivity index (χ1) is 18.9. The van der Waals surface area contributed by atoms with Crippen LogP contribution in [0.15, 0.2) is 79.1 Å². The number of hydrogen-bond donors (Lipinski definition) is 3. The number of nitrogens with one attached hydrogen (secondary N) is 2. The zero-order chi connectivity index (χ0) is 27.7. The fraction of sp³-hybridized carbons (Fsp3) is 0.344. The van der Waals surface area contributed by atoms with Crippen LogP contribution in [0.25, 0.3) is 0 Å². The Morgan fingerprint density at radius 3 is 2.28 bits per heavy atom. The molecule has 4 aromatic rings. The van der Waals surface area contributed by atoms with Crippen molar-refractivity contribution in [1.29, 1.82) is 0 Å². The number of nitrogens with two attached hydrogens (primary N) is 1. The molecule has 0 spiro atoms. The molecule has 0 fully saturated rings. The minimum Gasteiger partial charge on any atom is -0.348 e. The molecule has 2 aromatic heterocycles. The van der Waals surface area contributed by atoms with Gasteiger partial charge < -0.3 is 16.0 Å². The van der Waals surface area contributed by atoms with Crippen LogP contribution in [0.1, 0.15) is 78.2 Å². The zero-order valence-corrected chi connectivity index (χ0v) is 23.3. The van der Waals surface area contributed by atoms with Gasteiger partial charge in [0.05, 0.1) is 12.2 Å². The molecule has 0 saturated heterocycles. The second kappa shape index (κ2) is 13.3. The van der Waals surface area contributed by atoms with Gasteiger partial charge >= 0.3 is 0 Å². The summed E-state index contributed by atoms with van der Waals surface area (Å²) in [6.07, 6.45) is 7.56. The van der Waals surface area contributed by atoms with Crippen molar-refractivity contribution >= 4 is 11.6 Å². The topological polar surface area (TPSA) is 99.9 Å². The molecule has 0 bridgehead atoms. The molecule has 7 heteroatoms. The van der Waals surface area contributed by atoms with Gasteiger partial charge in [0.1, 0.15) is 5.82 Å². The molecule has 2 heterocycles. The van der Waals surface area contributed by atoms with Crippen molar-refractivity contribution in [3.05, 3.63) is 113 Å². The van der Waals surface area contributed by atoms with Gasteiger partial charge in [-0.05, 0) is 67.3 Å². The Balaban J connectivity index is 1.40. The molecule has 4 N–H and O–H groups in total. The Morgan fingerprint density at radius 1 is 0.949 bits per heavy atom. The molecule has 0 saturated carbocycles. The summed E-state index contributed by atoms with van der Waals surface area (Å²) in [5.41, 5.74) is 12.0. The van der Waals surface area contributed by atoms with Gasteiger partial charge in [-0.3, -0.25) is 14.7 Å². The summed E-state index contributed by atoms with van der Waals surface area (Å²) < 4.78 is 0. The normalized spacial score (nSPS) is 11.6. The minimum absolute atomic E-state index is 0.133. The second-order valence-electron chi connectivity index (χ2n) is 10.3. The standard InChI is InChI=1S/C32H40N6O/c1-4-17-32(33,18-5-2)27-13-15-28(16-14-27)37-31(39)26-11-9-25(10-12-26)21-38(23-30-34-19-20-35-30)22-29-8-6-7-24(3)36-29/h6-16,19-20H,4-5,17-18,21-23,33H2,1-3H3,(H,34,35)(H,37,39). The summed E-state index contributed by atoms with van der Waals surface area (Å²) in [7, 11) is 0. The predicted octanol–water partition coefficient (Wildman–Crippen LogP) is 6.32. The molecule has 39 heavy (non-hydrogen) atoms. The van der Waals surface area contributed by atoms with Gasteiger partial charge in [0.2, 0.25) is 0 Å². The lowest BCUT2D eigenvalue weighted by Crippen LogP contribution is -2.36. The fourth-order valence-electron chi connectivity index (χ4n) is 5.09. The van der Waals surface area contributed by atoms with Gasteiger partial charge in [0.25, 0.3) is 5.91 Å². The van der Waals surface area contributed by atoms with Gasteiger partial charge in [-0.25, -0.2) is 4.98 Å². The van der Waals surface area contributed by atoms with Crippen LogP contribution in [0.2, 0.25) is 0 Å². The molecule has 0 aliphatic carbocycles. The number of nitrogens with zero attached hydrogens (tertiary/aromatic N) is 3. The van der Waals surface area contributed by atoms with Crippen LogP contribution >= 0.6 is 0 Å². The lowest BCUT2D eigenvalue weighted by molar-refractivity contribution is 0.102. The first kappa shape index (κ1) is 28.2. The summed E-state index contributed by atoms with van der Waals surface area (Å²) in [5.74, 6) is 0.771. The second-order valence-corrected chi connectivity index (χ2v) is 10.3. The Bertz CT molecular complexity index is 1310. The number of carbonyl (C=O) groups is 1. The van der Waals surface area contributed by atoms with Crippen molar-refractivity contribution in [2.75, 3.05) is 5.32 Å². The number of carbonyl (C=O) groups excluding carboxylic acids is 1. The van der Waals surface area contributed by atoms with Crippen molar-refractivity contribution < 1.29 is 4.79 Å². The number of rotatable bonds is 13. The number of aromatic amines is 1. The highest BCUT2D eigenvalue weighted by molar-refractivity contribution is 6.04. The average molecular weight is 525 g/mol. The van der Waals surface area contributed by atoms with E-state index in [0.29, 0.717) is 25.2 Å². The number of aromatic nitrogens is 3. The van der Waals surface area contributed by atoms with Crippen LogP contribution in [0.5, 0.6) is 0 Å². The molecule has 2 aromatic carbocycles. The maximum absolute atomic E-state index is 13.0. The number of anilines is 1. The van der Waals surface area contributed by atoms with Gasteiger partial charge in [-0.15, -0.1) is 0 Å². The number of benzene rings is 2. The molecule has 4 rings (SSSR count). The van der Waals surface area contributed by atoms with Gasteiger partial charge in [0.15, 0.2) is 0 Å². The van der Waals surface area contributed by atoms with E-state index in [1.54, 1.807) is 6.20 Å². The van der Waals surface area contributed by atoms with E-state index in [2.05, 4.69) is 39.0 Å². The lowest BCUT2D eigenvalue weighted by atomic mass is 9.83. The molecule has 204 valence electrons. The maximum Gasteiger partial charge on any atom is 0.255 e. The van der Waals surface area contributed by atoms with Gasteiger partial charge in [-0.2, -0.15) is 0 Å². The lowest BCUT2D eigenvalue weighted by Gasteiger charge is -2.29. The Morgan fingerprint density at radius 2 is 1.67 bits per heavy atom. The Kier molecular flexibility index (Phi) is 9.63. The fourth-order valence-corrected chi connectivity index (χ4v) is 5.09. The Labute approximate surface area is 231 Å². The monoisotopic (exact) mass is 524 g/mol. The third-order valence-electron chi connectivity index (χ3n) is 6.99. The highest BCUT2D eigenvalue weighted by Crippen LogP contribution is 2.29. The average Bonchev–Trinajstić information content (AvgIpc) is 3.43. The molecule has 0 aliphatic heterocycles. The number of H-pyrrole nitrogens is 1. The summed E-state index contributed by atoms with van der Waals surface area (Å²) in [5, 5.41) is 3.02. The highest BCUT2D eigenvalue weighted by atomic mass is 16.1. The number of hydrogen-bond acceptors (Lipinski definition) is 5. The van der Waals surface area contributed by atoms with Crippen LogP contribution in [-0.2, 0) is 25.2 Å². The number of pyridine rings is 1. The van der Waals surface area contributed by atoms with Crippen molar-refractivity contribution in [3.8, 4) is 0 Å². The van der Waals surface area contributed by atoms with E-state index in [1.807, 2.05) is 79.9 Å². The largest absolute Gasteiger partial charge is 0.348 e. The summed E-state index contributed by atoms with van der Waals surface area (Å²) in [4.78, 5) is 27.5. The van der Waals surface area contributed by atoms with E-state index < -0.39 is 0 Å². The van der Waals surface area contributed by atoms with E-state index in [-0.39, 0.29) is 11.4 Å². The number of aryl methyl sites for hydroxylation is 1. The Hall–Kier alpha value is -3.81. The summed E-state index contributed by atoms with van der Waals surface area (Å²) >= 11 is 0. The SMILES string of the molecule is CCCC(N)(CCC)c1ccc(NC(=O)c2ccc(CN(Cc3cccc(C)n3)Cc3ncc[nH]3)cc2)cc1. The van der Waals surface area contributed by atoms with E-state index >= 15 is 0 Å². The number of amides is 1. The molecule has 0 atom stereocenters. The van der Waals surface area contributed by atoms with Crippen molar-refractivity contribution in [2.24, 2.45) is 5.73 Å². The van der Waals surface area contributed by atoms with Crippen LogP contribution in [0.3, 0.4) is 0 Å². The predicted molar refractivity (Wildman–Crippen MR) is 157 cm³/mol. The van der Waals surface area contributed by atoms with Gasteiger partial charge in [0, 0.05) is 48.0 Å². The van der Waals surface area contributed by atoms with Crippen molar-refractivity contribution in [2.45, 2.75) is 71.6 Å². The van der Waals surface area contributed by atoms with Crippen molar-refractivity contribution in [1.82, 2.24) is 19.9 Å². The third-order valence-corrected chi connectivity index (χ3v) is 6.99. The summed E-state index contributed by atoms with van der Waals surface area (Å²) in [6, 6.07) is 21.8. The molecule has 7 nitrogen and oxygen atoms in total. The molecule has 0 radical (unpaired) electrons. The van der Waals surface area contributed by atoms with E-state index in [4.69, 9.17) is 5.73 Å². The molecule has 1 amide bonds. The third kappa shape index (κ3) is 7.85. The molecular formula is C32H40N6O. The van der Waals surface area contributed by atoms with E-state index in [9.17, 15) is 4.79 Å². The van der Waals surface area contributed by atoms with E-state index in [1.165, 1.54) is 0 Å². The molecule has 0 aliphatic rings. The first-order valence-electron chi connectivity index (χ1n) is 13.8. The summed E-state index contributed by atoms with van der Waals surface area (Å²) in [6.45, 7) is 8.39. The highest BCUT2D eigenvalue weighted by Gasteiger charge is 2.25. The van der Waals surface area contributed by atoms with Crippen molar-refractivity contribution in [3.63, 3.8) is 0 Å². The van der Waals surface area contributed by atoms with Crippen LogP contribution in [-0.4, -0.2) is 25.8 Å². The quantitative estimate of drug-likeness (QED) is 0.190.